The van der Waals surface area contributed by atoms with Crippen molar-refractivity contribution in [3.05, 3.63) is 60.2 Å². The Morgan fingerprint density at radius 3 is 2.73 bits per heavy atom. The smallest absolute Gasteiger partial charge is 0.395 e. The fourth-order valence-corrected chi connectivity index (χ4v) is 4.07. The highest BCUT2D eigenvalue weighted by Crippen LogP contribution is 2.52. The number of halogens is 2. The van der Waals surface area contributed by atoms with Gasteiger partial charge >= 0.3 is 6.29 Å². The number of carbonyl (C=O) groups is 1. The predicted octanol–water partition coefficient (Wildman–Crippen LogP) is 4.39. The molecule has 2 aliphatic heterocycles. The summed E-state index contributed by atoms with van der Waals surface area (Å²) in [5.41, 5.74) is 1.02. The van der Waals surface area contributed by atoms with E-state index in [2.05, 4.69) is 21.4 Å². The van der Waals surface area contributed by atoms with Gasteiger partial charge in [0.15, 0.2) is 11.5 Å². The van der Waals surface area contributed by atoms with Crippen LogP contribution in [0.1, 0.15) is 38.2 Å². The molecule has 1 amide bonds. The largest absolute Gasteiger partial charge is 0.586 e. The van der Waals surface area contributed by atoms with Gasteiger partial charge in [-0.15, -0.1) is 8.78 Å². The topological polar surface area (TPSA) is 56.8 Å². The lowest BCUT2D eigenvalue weighted by atomic mass is 9.92. The molecule has 2 heterocycles. The molecule has 0 radical (unpaired) electrons. The van der Waals surface area contributed by atoms with Crippen molar-refractivity contribution < 1.29 is 27.8 Å². The van der Waals surface area contributed by atoms with Gasteiger partial charge in [0.25, 0.3) is 0 Å². The maximum Gasteiger partial charge on any atom is 0.586 e. The highest BCUT2D eigenvalue weighted by atomic mass is 19.3. The third-order valence-electron chi connectivity index (χ3n) is 5.89. The van der Waals surface area contributed by atoms with Crippen LogP contribution in [0.25, 0.3) is 0 Å². The molecule has 1 aromatic carbocycles. The monoisotopic (exact) mass is 417 g/mol. The van der Waals surface area contributed by atoms with Crippen molar-refractivity contribution in [3.63, 3.8) is 0 Å². The standard InChI is InChI=1S/C23H25F2NO4/c1-3-5-6-15(4-2)19-14-17(9-12-28-19)26-21(27)22(10-11-22)16-7-8-18-20(13-16)30-23(24,25)29-18/h3-8,13,17,19H,1,9-12,14H2,2H3,(H,26,27)/b6-5-,15-4+/t17-,19-/m1/s1. The van der Waals surface area contributed by atoms with Crippen LogP contribution in [0.5, 0.6) is 11.5 Å². The van der Waals surface area contributed by atoms with E-state index in [1.807, 2.05) is 25.2 Å². The number of hydrogen-bond donors (Lipinski definition) is 1. The summed E-state index contributed by atoms with van der Waals surface area (Å²) in [6.45, 7) is 6.20. The van der Waals surface area contributed by atoms with Gasteiger partial charge in [0.2, 0.25) is 5.91 Å². The molecule has 1 N–H and O–H groups in total. The Hall–Kier alpha value is -2.67. The van der Waals surface area contributed by atoms with Gasteiger partial charge in [0.05, 0.1) is 11.5 Å². The van der Waals surface area contributed by atoms with Crippen LogP contribution >= 0.6 is 0 Å². The zero-order valence-electron chi connectivity index (χ0n) is 16.8. The van der Waals surface area contributed by atoms with E-state index >= 15 is 0 Å². The molecule has 160 valence electrons. The third kappa shape index (κ3) is 3.99. The number of hydrogen-bond acceptors (Lipinski definition) is 4. The third-order valence-corrected chi connectivity index (χ3v) is 5.89. The first-order valence-corrected chi connectivity index (χ1v) is 10.1. The quantitative estimate of drug-likeness (QED) is 0.698. The SMILES string of the molecule is C=C/C=C\C(=C/C)[C@H]1C[C@H](NC(=O)C2(c3ccc4c(c3)OC(F)(F)O4)CC2)CCO1. The van der Waals surface area contributed by atoms with Crippen LogP contribution in [0.4, 0.5) is 8.78 Å². The number of carbonyl (C=O) groups excluding carboxylic acids is 1. The minimum atomic E-state index is -3.67. The average Bonchev–Trinajstić information content (AvgIpc) is 3.46. The van der Waals surface area contributed by atoms with E-state index in [0.29, 0.717) is 31.4 Å². The molecule has 30 heavy (non-hydrogen) atoms. The van der Waals surface area contributed by atoms with E-state index in [-0.39, 0.29) is 29.6 Å². The minimum absolute atomic E-state index is 0.0147. The Balaban J connectivity index is 1.44. The number of amides is 1. The van der Waals surface area contributed by atoms with Gasteiger partial charge in [-0.3, -0.25) is 4.79 Å². The highest BCUT2D eigenvalue weighted by Gasteiger charge is 2.53. The molecule has 4 rings (SSSR count). The molecule has 1 saturated heterocycles. The van der Waals surface area contributed by atoms with Gasteiger partial charge in [-0.05, 0) is 55.9 Å². The molecule has 0 aromatic heterocycles. The van der Waals surface area contributed by atoms with E-state index in [1.165, 1.54) is 12.1 Å². The van der Waals surface area contributed by atoms with Crippen LogP contribution in [0.2, 0.25) is 0 Å². The Bertz CT molecular complexity index is 904. The molecular weight excluding hydrogens is 392 g/mol. The zero-order chi connectivity index (χ0) is 21.4. The summed E-state index contributed by atoms with van der Waals surface area (Å²) in [7, 11) is 0. The predicted molar refractivity (Wildman–Crippen MR) is 108 cm³/mol. The van der Waals surface area contributed by atoms with Crippen LogP contribution in [0, 0.1) is 0 Å². The van der Waals surface area contributed by atoms with Crippen LogP contribution in [-0.2, 0) is 14.9 Å². The first-order valence-electron chi connectivity index (χ1n) is 10.1. The Morgan fingerprint density at radius 1 is 1.27 bits per heavy atom. The molecule has 1 aliphatic carbocycles. The van der Waals surface area contributed by atoms with Gasteiger partial charge in [0.1, 0.15) is 0 Å². The number of ether oxygens (including phenoxy) is 3. The molecule has 2 atom stereocenters. The second kappa shape index (κ2) is 7.87. The van der Waals surface area contributed by atoms with Crippen molar-refractivity contribution in [1.82, 2.24) is 5.32 Å². The first-order chi connectivity index (χ1) is 14.4. The van der Waals surface area contributed by atoms with Gasteiger partial charge in [-0.25, -0.2) is 0 Å². The van der Waals surface area contributed by atoms with Crippen molar-refractivity contribution in [2.75, 3.05) is 6.61 Å². The molecule has 1 aromatic rings. The van der Waals surface area contributed by atoms with E-state index < -0.39 is 11.7 Å². The van der Waals surface area contributed by atoms with Crippen LogP contribution in [-0.4, -0.2) is 31.0 Å². The molecule has 0 bridgehead atoms. The lowest BCUT2D eigenvalue weighted by Crippen LogP contribution is -2.46. The van der Waals surface area contributed by atoms with Gasteiger partial charge in [0, 0.05) is 12.6 Å². The van der Waals surface area contributed by atoms with Crippen molar-refractivity contribution >= 4 is 5.91 Å². The van der Waals surface area contributed by atoms with E-state index in [0.717, 1.165) is 12.0 Å². The lowest BCUT2D eigenvalue weighted by Gasteiger charge is -2.32. The number of nitrogens with one attached hydrogen (secondary N) is 1. The van der Waals surface area contributed by atoms with E-state index in [9.17, 15) is 13.6 Å². The fraction of sp³-hybridized carbons (Fsp3) is 0.435. The van der Waals surface area contributed by atoms with Gasteiger partial charge in [-0.1, -0.05) is 36.9 Å². The average molecular weight is 417 g/mol. The molecule has 0 spiro atoms. The van der Waals surface area contributed by atoms with Gasteiger partial charge < -0.3 is 19.5 Å². The number of alkyl halides is 2. The molecule has 7 heteroatoms. The van der Waals surface area contributed by atoms with Gasteiger partial charge in [-0.2, -0.15) is 0 Å². The molecule has 3 aliphatic rings. The molecule has 2 fully saturated rings. The number of fused-ring (bicyclic) bond motifs is 1. The first kappa shape index (κ1) is 20.6. The lowest BCUT2D eigenvalue weighted by molar-refractivity contribution is -0.286. The number of benzene rings is 1. The van der Waals surface area contributed by atoms with Crippen molar-refractivity contribution in [2.45, 2.75) is 56.5 Å². The Labute approximate surface area is 174 Å². The maximum atomic E-state index is 13.3. The van der Waals surface area contributed by atoms with E-state index in [4.69, 9.17) is 4.74 Å². The van der Waals surface area contributed by atoms with Crippen molar-refractivity contribution in [3.8, 4) is 11.5 Å². The normalized spacial score (nSPS) is 26.4. The Kier molecular flexibility index (Phi) is 5.40. The summed E-state index contributed by atoms with van der Waals surface area (Å²) in [4.78, 5) is 13.1. The maximum absolute atomic E-state index is 13.3. The van der Waals surface area contributed by atoms with Crippen LogP contribution in [0.15, 0.2) is 54.7 Å². The Morgan fingerprint density at radius 2 is 2.03 bits per heavy atom. The van der Waals surface area contributed by atoms with Crippen LogP contribution < -0.4 is 14.8 Å². The molecular formula is C23H25F2NO4. The van der Waals surface area contributed by atoms with E-state index in [1.54, 1.807) is 12.1 Å². The second-order valence-electron chi connectivity index (χ2n) is 7.85. The highest BCUT2D eigenvalue weighted by molar-refractivity contribution is 5.91. The molecule has 0 unspecified atom stereocenters. The summed E-state index contributed by atoms with van der Waals surface area (Å²) in [5, 5.41) is 3.16. The van der Waals surface area contributed by atoms with Crippen molar-refractivity contribution in [2.24, 2.45) is 0 Å². The number of rotatable bonds is 6. The molecule has 1 saturated carbocycles. The minimum Gasteiger partial charge on any atom is -0.395 e. The summed E-state index contributed by atoms with van der Waals surface area (Å²) in [6, 6.07) is 4.58. The summed E-state index contributed by atoms with van der Waals surface area (Å²) < 4.78 is 41.5. The summed E-state index contributed by atoms with van der Waals surface area (Å²) in [5.74, 6) is -0.129. The number of allylic oxidation sites excluding steroid dienone is 3. The molecule has 5 nitrogen and oxygen atoms in total. The summed E-state index contributed by atoms with van der Waals surface area (Å²) in [6.07, 6.45) is 6.53. The van der Waals surface area contributed by atoms with Crippen molar-refractivity contribution in [1.29, 1.82) is 0 Å². The second-order valence-corrected chi connectivity index (χ2v) is 7.85. The fourth-order valence-electron chi connectivity index (χ4n) is 4.07. The summed E-state index contributed by atoms with van der Waals surface area (Å²) >= 11 is 0. The zero-order valence-corrected chi connectivity index (χ0v) is 16.8. The van der Waals surface area contributed by atoms with Crippen LogP contribution in [0.3, 0.4) is 0 Å².